The quantitative estimate of drug-likeness (QED) is 0.704. The Labute approximate surface area is 143 Å². The largest absolute Gasteiger partial charge is 0.361 e. The van der Waals surface area contributed by atoms with Gasteiger partial charge in [-0.3, -0.25) is 13.9 Å². The minimum absolute atomic E-state index is 0.0875. The molecule has 3 aromatic rings. The van der Waals surface area contributed by atoms with E-state index in [2.05, 4.69) is 10.1 Å². The van der Waals surface area contributed by atoms with Crippen LogP contribution in [0.25, 0.3) is 11.2 Å². The second-order valence-electron chi connectivity index (χ2n) is 6.45. The van der Waals surface area contributed by atoms with E-state index in [4.69, 9.17) is 4.52 Å². The number of imidazole rings is 1. The average Bonchev–Trinajstić information content (AvgIpc) is 3.27. The van der Waals surface area contributed by atoms with Gasteiger partial charge in [-0.1, -0.05) is 5.16 Å². The summed E-state index contributed by atoms with van der Waals surface area (Å²) in [6, 6.07) is 3.60. The van der Waals surface area contributed by atoms with Crippen molar-refractivity contribution in [2.75, 3.05) is 13.1 Å². The molecular weight excluding hydrogens is 322 g/mol. The number of hydrogen-bond donors (Lipinski definition) is 0. The first-order chi connectivity index (χ1) is 12.0. The van der Waals surface area contributed by atoms with E-state index < -0.39 is 0 Å². The number of carbonyl (C=O) groups is 1. The fraction of sp³-hybridized carbons (Fsp3) is 0.412. The van der Waals surface area contributed by atoms with Crippen LogP contribution in [0.3, 0.4) is 0 Å². The van der Waals surface area contributed by atoms with Gasteiger partial charge in [0.25, 0.3) is 5.91 Å². The van der Waals surface area contributed by atoms with E-state index in [0.717, 1.165) is 5.52 Å². The highest BCUT2D eigenvalue weighted by Gasteiger charge is 2.33. The molecule has 1 saturated heterocycles. The summed E-state index contributed by atoms with van der Waals surface area (Å²) in [5.41, 5.74) is 2.46. The Kier molecular flexibility index (Phi) is 3.48. The molecule has 130 valence electrons. The molecule has 1 fully saturated rings. The third-order valence-electron chi connectivity index (χ3n) is 4.91. The molecule has 1 amide bonds. The molecule has 4 rings (SSSR count). The van der Waals surface area contributed by atoms with Gasteiger partial charge in [0.1, 0.15) is 11.3 Å². The van der Waals surface area contributed by atoms with Crippen LogP contribution >= 0.6 is 0 Å². The fourth-order valence-electron chi connectivity index (χ4n) is 3.60. The zero-order valence-corrected chi connectivity index (χ0v) is 14.4. The van der Waals surface area contributed by atoms with Crippen LogP contribution in [0.5, 0.6) is 0 Å². The molecule has 8 heteroatoms. The minimum Gasteiger partial charge on any atom is -0.361 e. The van der Waals surface area contributed by atoms with Crippen LogP contribution in [0, 0.1) is 13.8 Å². The number of pyridine rings is 1. The molecule has 0 unspecified atom stereocenters. The van der Waals surface area contributed by atoms with Crippen LogP contribution in [0.4, 0.5) is 0 Å². The summed E-state index contributed by atoms with van der Waals surface area (Å²) < 4.78 is 8.40. The Bertz CT molecular complexity index is 1010. The number of aryl methyl sites for hydroxylation is 3. The van der Waals surface area contributed by atoms with Gasteiger partial charge in [0, 0.05) is 26.3 Å². The van der Waals surface area contributed by atoms with E-state index in [1.54, 1.807) is 41.1 Å². The van der Waals surface area contributed by atoms with Crippen LogP contribution < -0.4 is 5.69 Å². The van der Waals surface area contributed by atoms with E-state index in [9.17, 15) is 9.59 Å². The van der Waals surface area contributed by atoms with Gasteiger partial charge in [0.15, 0.2) is 5.65 Å². The lowest BCUT2D eigenvalue weighted by atomic mass is 10.2. The van der Waals surface area contributed by atoms with Crippen LogP contribution in [-0.4, -0.2) is 43.2 Å². The number of aromatic nitrogens is 4. The Morgan fingerprint density at radius 1 is 1.36 bits per heavy atom. The van der Waals surface area contributed by atoms with Gasteiger partial charge in [0.2, 0.25) is 0 Å². The van der Waals surface area contributed by atoms with Gasteiger partial charge in [-0.05, 0) is 32.4 Å². The predicted octanol–water partition coefficient (Wildman–Crippen LogP) is 1.43. The number of rotatable bonds is 2. The zero-order valence-electron chi connectivity index (χ0n) is 14.4. The van der Waals surface area contributed by atoms with Gasteiger partial charge in [-0.25, -0.2) is 9.78 Å². The van der Waals surface area contributed by atoms with E-state index in [1.807, 2.05) is 12.1 Å². The maximum atomic E-state index is 12.8. The standard InChI is InChI=1S/C17H19N5O3/c1-10-14(11(2)25-19-10)16(23)21-8-6-12(9-21)22-15-13(5-4-7-18-15)20(3)17(22)24/h4-5,7,12H,6,8-9H2,1-3H3/t12-/m1/s1. The Balaban J connectivity index is 1.67. The molecular formula is C17H19N5O3. The van der Waals surface area contributed by atoms with Gasteiger partial charge in [0.05, 0.1) is 17.3 Å². The maximum absolute atomic E-state index is 12.8. The number of hydrogen-bond acceptors (Lipinski definition) is 5. The van der Waals surface area contributed by atoms with Crippen molar-refractivity contribution >= 4 is 17.1 Å². The van der Waals surface area contributed by atoms with Gasteiger partial charge < -0.3 is 9.42 Å². The summed E-state index contributed by atoms with van der Waals surface area (Å²) in [6.45, 7) is 4.55. The van der Waals surface area contributed by atoms with Crippen LogP contribution in [0.15, 0.2) is 27.6 Å². The lowest BCUT2D eigenvalue weighted by Crippen LogP contribution is -2.32. The second kappa shape index (κ2) is 5.58. The molecule has 0 radical (unpaired) electrons. The molecule has 1 atom stereocenters. The zero-order chi connectivity index (χ0) is 17.7. The number of amides is 1. The summed E-state index contributed by atoms with van der Waals surface area (Å²) >= 11 is 0. The van der Waals surface area contributed by atoms with Crippen LogP contribution in [-0.2, 0) is 7.05 Å². The average molecular weight is 341 g/mol. The molecule has 0 N–H and O–H groups in total. The normalized spacial score (nSPS) is 17.6. The highest BCUT2D eigenvalue weighted by atomic mass is 16.5. The third kappa shape index (κ3) is 2.28. The molecule has 1 aliphatic heterocycles. The van der Waals surface area contributed by atoms with E-state index in [0.29, 0.717) is 42.2 Å². The Hall–Kier alpha value is -2.90. The van der Waals surface area contributed by atoms with Crippen molar-refractivity contribution in [2.24, 2.45) is 7.05 Å². The fourth-order valence-corrected chi connectivity index (χ4v) is 3.60. The summed E-state index contributed by atoms with van der Waals surface area (Å²) in [6.07, 6.45) is 2.39. The van der Waals surface area contributed by atoms with E-state index in [1.165, 1.54) is 0 Å². The summed E-state index contributed by atoms with van der Waals surface area (Å²) in [7, 11) is 1.74. The van der Waals surface area contributed by atoms with E-state index in [-0.39, 0.29) is 17.6 Å². The van der Waals surface area contributed by atoms with Crippen molar-refractivity contribution < 1.29 is 9.32 Å². The van der Waals surface area contributed by atoms with Gasteiger partial charge >= 0.3 is 5.69 Å². The highest BCUT2D eigenvalue weighted by Crippen LogP contribution is 2.26. The van der Waals surface area contributed by atoms with Crippen molar-refractivity contribution in [3.8, 4) is 0 Å². The minimum atomic E-state index is -0.106. The van der Waals surface area contributed by atoms with E-state index >= 15 is 0 Å². The Morgan fingerprint density at radius 2 is 2.16 bits per heavy atom. The molecule has 4 heterocycles. The summed E-state index contributed by atoms with van der Waals surface area (Å²) in [4.78, 5) is 31.6. The van der Waals surface area contributed by atoms with Crippen LogP contribution in [0.1, 0.15) is 34.3 Å². The number of carbonyl (C=O) groups excluding carboxylic acids is 1. The van der Waals surface area contributed by atoms with Crippen molar-refractivity contribution in [3.63, 3.8) is 0 Å². The van der Waals surface area contributed by atoms with Crippen molar-refractivity contribution in [1.29, 1.82) is 0 Å². The lowest BCUT2D eigenvalue weighted by molar-refractivity contribution is 0.0785. The maximum Gasteiger partial charge on any atom is 0.330 e. The molecule has 25 heavy (non-hydrogen) atoms. The molecule has 0 saturated carbocycles. The van der Waals surface area contributed by atoms with Crippen LogP contribution in [0.2, 0.25) is 0 Å². The molecule has 3 aromatic heterocycles. The predicted molar refractivity (Wildman–Crippen MR) is 90.5 cm³/mol. The molecule has 0 aromatic carbocycles. The first-order valence-corrected chi connectivity index (χ1v) is 8.23. The van der Waals surface area contributed by atoms with Crippen molar-refractivity contribution in [3.05, 3.63) is 45.8 Å². The van der Waals surface area contributed by atoms with Gasteiger partial charge in [-0.2, -0.15) is 0 Å². The Morgan fingerprint density at radius 3 is 2.88 bits per heavy atom. The monoisotopic (exact) mass is 341 g/mol. The molecule has 0 aliphatic carbocycles. The number of likely N-dealkylation sites (tertiary alicyclic amines) is 1. The molecule has 1 aliphatic rings. The lowest BCUT2D eigenvalue weighted by Gasteiger charge is -2.16. The highest BCUT2D eigenvalue weighted by molar-refractivity contribution is 5.96. The third-order valence-corrected chi connectivity index (χ3v) is 4.91. The SMILES string of the molecule is Cc1noc(C)c1C(=O)N1CC[C@@H](n2c(=O)n(C)c3cccnc32)C1. The van der Waals surface area contributed by atoms with Gasteiger partial charge in [-0.15, -0.1) is 0 Å². The van der Waals surface area contributed by atoms with Crippen molar-refractivity contribution in [2.45, 2.75) is 26.3 Å². The topological polar surface area (TPSA) is 86.2 Å². The first kappa shape index (κ1) is 15.6. The molecule has 0 spiro atoms. The number of nitrogens with zero attached hydrogens (tertiary/aromatic N) is 5. The smallest absolute Gasteiger partial charge is 0.330 e. The first-order valence-electron chi connectivity index (χ1n) is 8.23. The second-order valence-corrected chi connectivity index (χ2v) is 6.45. The van der Waals surface area contributed by atoms with Crippen molar-refractivity contribution in [1.82, 2.24) is 24.2 Å². The molecule has 0 bridgehead atoms. The summed E-state index contributed by atoms with van der Waals surface area (Å²) in [5.74, 6) is 0.426. The summed E-state index contributed by atoms with van der Waals surface area (Å²) in [5, 5.41) is 3.85. The molecule has 8 nitrogen and oxygen atoms in total. The number of fused-ring (bicyclic) bond motifs is 1.